The zero-order valence-electron chi connectivity index (χ0n) is 7.51. The van der Waals surface area contributed by atoms with Crippen LogP contribution in [0.1, 0.15) is 44.9 Å². The quantitative estimate of drug-likeness (QED) is 0.636. The summed E-state index contributed by atoms with van der Waals surface area (Å²) in [5.41, 5.74) is 5.43. The van der Waals surface area contributed by atoms with Crippen LogP contribution in [0.15, 0.2) is 0 Å². The van der Waals surface area contributed by atoms with Crippen molar-refractivity contribution in [2.75, 3.05) is 0 Å². The molecule has 2 unspecified atom stereocenters. The highest BCUT2D eigenvalue weighted by Crippen LogP contribution is 2.51. The van der Waals surface area contributed by atoms with Crippen molar-refractivity contribution in [2.45, 2.75) is 44.9 Å². The van der Waals surface area contributed by atoms with Gasteiger partial charge in [-0.05, 0) is 31.6 Å². The fourth-order valence-corrected chi connectivity index (χ4v) is 3.17. The van der Waals surface area contributed by atoms with Gasteiger partial charge >= 0.3 is 0 Å². The van der Waals surface area contributed by atoms with Gasteiger partial charge in [0, 0.05) is 0 Å². The standard InChI is InChI=1S/C10H17NO/c11-9(12)10-6-2-1-4-8(10)5-3-7-10/h8H,1-7H2,(H2,11,12). The molecule has 0 aromatic rings. The molecule has 0 aliphatic heterocycles. The molecule has 0 radical (unpaired) electrons. The monoisotopic (exact) mass is 167 g/mol. The highest BCUT2D eigenvalue weighted by Gasteiger charge is 2.48. The van der Waals surface area contributed by atoms with Gasteiger partial charge in [0.05, 0.1) is 5.41 Å². The third-order valence-electron chi connectivity index (χ3n) is 3.87. The molecular weight excluding hydrogens is 150 g/mol. The summed E-state index contributed by atoms with van der Waals surface area (Å²) in [5, 5.41) is 0. The first-order valence-corrected chi connectivity index (χ1v) is 5.06. The maximum absolute atomic E-state index is 11.4. The Balaban J connectivity index is 2.23. The normalized spacial score (nSPS) is 40.8. The summed E-state index contributed by atoms with van der Waals surface area (Å²) in [6, 6.07) is 0. The Morgan fingerprint density at radius 3 is 2.50 bits per heavy atom. The zero-order chi connectivity index (χ0) is 8.60. The van der Waals surface area contributed by atoms with E-state index in [4.69, 9.17) is 5.73 Å². The number of fused-ring (bicyclic) bond motifs is 1. The molecule has 2 aliphatic carbocycles. The molecule has 2 nitrogen and oxygen atoms in total. The number of primary amides is 1. The summed E-state index contributed by atoms with van der Waals surface area (Å²) in [4.78, 5) is 11.4. The highest BCUT2D eigenvalue weighted by atomic mass is 16.1. The van der Waals surface area contributed by atoms with Gasteiger partial charge in [-0.2, -0.15) is 0 Å². The maximum atomic E-state index is 11.4. The Labute approximate surface area is 73.5 Å². The van der Waals surface area contributed by atoms with E-state index >= 15 is 0 Å². The van der Waals surface area contributed by atoms with Crippen LogP contribution >= 0.6 is 0 Å². The molecule has 1 amide bonds. The first-order valence-electron chi connectivity index (χ1n) is 5.06. The summed E-state index contributed by atoms with van der Waals surface area (Å²) in [7, 11) is 0. The van der Waals surface area contributed by atoms with Crippen molar-refractivity contribution in [1.82, 2.24) is 0 Å². The predicted molar refractivity (Wildman–Crippen MR) is 47.4 cm³/mol. The van der Waals surface area contributed by atoms with Crippen molar-refractivity contribution in [2.24, 2.45) is 17.1 Å². The number of amides is 1. The van der Waals surface area contributed by atoms with Gasteiger partial charge < -0.3 is 5.73 Å². The molecular formula is C10H17NO. The van der Waals surface area contributed by atoms with E-state index in [-0.39, 0.29) is 11.3 Å². The second-order valence-corrected chi connectivity index (χ2v) is 4.36. The summed E-state index contributed by atoms with van der Waals surface area (Å²) in [5.74, 6) is 0.605. The van der Waals surface area contributed by atoms with E-state index < -0.39 is 0 Å². The lowest BCUT2D eigenvalue weighted by molar-refractivity contribution is -0.131. The minimum absolute atomic E-state index is 0.0234. The lowest BCUT2D eigenvalue weighted by Crippen LogP contribution is -2.41. The molecule has 2 aliphatic rings. The van der Waals surface area contributed by atoms with E-state index in [0.717, 1.165) is 12.8 Å². The van der Waals surface area contributed by atoms with Crippen LogP contribution in [0, 0.1) is 11.3 Å². The fourth-order valence-electron chi connectivity index (χ4n) is 3.17. The van der Waals surface area contributed by atoms with Crippen molar-refractivity contribution < 1.29 is 4.79 Å². The van der Waals surface area contributed by atoms with Crippen molar-refractivity contribution in [3.05, 3.63) is 0 Å². The SMILES string of the molecule is NC(=O)C12CCCCC1CCC2. The van der Waals surface area contributed by atoms with Gasteiger partial charge in [0.15, 0.2) is 0 Å². The number of carbonyl (C=O) groups is 1. The summed E-state index contributed by atoms with van der Waals surface area (Å²) in [6.07, 6.45) is 8.33. The number of hydrogen-bond acceptors (Lipinski definition) is 1. The van der Waals surface area contributed by atoms with Crippen molar-refractivity contribution in [1.29, 1.82) is 0 Å². The molecule has 2 fully saturated rings. The molecule has 68 valence electrons. The van der Waals surface area contributed by atoms with Crippen LogP contribution in [0.4, 0.5) is 0 Å². The Hall–Kier alpha value is -0.530. The average Bonchev–Trinajstić information content (AvgIpc) is 2.48. The lowest BCUT2D eigenvalue weighted by Gasteiger charge is -2.36. The second kappa shape index (κ2) is 2.75. The third kappa shape index (κ3) is 0.970. The van der Waals surface area contributed by atoms with Gasteiger partial charge in [-0.25, -0.2) is 0 Å². The molecule has 2 saturated carbocycles. The molecule has 2 N–H and O–H groups in total. The third-order valence-corrected chi connectivity index (χ3v) is 3.87. The van der Waals surface area contributed by atoms with E-state index in [0.29, 0.717) is 5.92 Å². The summed E-state index contributed by atoms with van der Waals surface area (Å²) >= 11 is 0. The van der Waals surface area contributed by atoms with Crippen LogP contribution in [0.5, 0.6) is 0 Å². The van der Waals surface area contributed by atoms with Crippen molar-refractivity contribution >= 4 is 5.91 Å². The summed E-state index contributed by atoms with van der Waals surface area (Å²) in [6.45, 7) is 0. The van der Waals surface area contributed by atoms with Gasteiger partial charge in [0.1, 0.15) is 0 Å². The van der Waals surface area contributed by atoms with E-state index in [1.165, 1.54) is 32.1 Å². The Morgan fingerprint density at radius 1 is 1.17 bits per heavy atom. The Morgan fingerprint density at radius 2 is 1.83 bits per heavy atom. The van der Waals surface area contributed by atoms with Crippen molar-refractivity contribution in [3.63, 3.8) is 0 Å². The topological polar surface area (TPSA) is 43.1 Å². The molecule has 2 rings (SSSR count). The minimum atomic E-state index is -0.0712. The van der Waals surface area contributed by atoms with Crippen LogP contribution in [0.25, 0.3) is 0 Å². The van der Waals surface area contributed by atoms with E-state index in [9.17, 15) is 4.79 Å². The Bertz CT molecular complexity index is 202. The number of carbonyl (C=O) groups excluding carboxylic acids is 1. The summed E-state index contributed by atoms with van der Waals surface area (Å²) < 4.78 is 0. The zero-order valence-corrected chi connectivity index (χ0v) is 7.51. The molecule has 0 saturated heterocycles. The van der Waals surface area contributed by atoms with Crippen LogP contribution < -0.4 is 5.73 Å². The smallest absolute Gasteiger partial charge is 0.223 e. The predicted octanol–water partition coefficient (Wildman–Crippen LogP) is 1.83. The highest BCUT2D eigenvalue weighted by molar-refractivity contribution is 5.81. The maximum Gasteiger partial charge on any atom is 0.223 e. The van der Waals surface area contributed by atoms with Crippen LogP contribution in [0.3, 0.4) is 0 Å². The van der Waals surface area contributed by atoms with Crippen LogP contribution in [0.2, 0.25) is 0 Å². The molecule has 0 aromatic heterocycles. The fraction of sp³-hybridized carbons (Fsp3) is 0.900. The van der Waals surface area contributed by atoms with Gasteiger partial charge in [-0.3, -0.25) is 4.79 Å². The molecule has 2 heteroatoms. The molecule has 12 heavy (non-hydrogen) atoms. The van der Waals surface area contributed by atoms with Crippen molar-refractivity contribution in [3.8, 4) is 0 Å². The molecule has 2 atom stereocenters. The first kappa shape index (κ1) is 8.09. The second-order valence-electron chi connectivity index (χ2n) is 4.36. The number of rotatable bonds is 1. The largest absolute Gasteiger partial charge is 0.369 e. The first-order chi connectivity index (χ1) is 5.76. The van der Waals surface area contributed by atoms with E-state index in [1.54, 1.807) is 0 Å². The van der Waals surface area contributed by atoms with Gasteiger partial charge in [0.2, 0.25) is 5.91 Å². The van der Waals surface area contributed by atoms with Crippen LogP contribution in [-0.4, -0.2) is 5.91 Å². The van der Waals surface area contributed by atoms with Gasteiger partial charge in [-0.1, -0.05) is 19.3 Å². The molecule has 0 heterocycles. The Kier molecular flexibility index (Phi) is 1.85. The van der Waals surface area contributed by atoms with Gasteiger partial charge in [0.25, 0.3) is 0 Å². The van der Waals surface area contributed by atoms with Gasteiger partial charge in [-0.15, -0.1) is 0 Å². The molecule has 0 spiro atoms. The average molecular weight is 167 g/mol. The molecule has 0 bridgehead atoms. The van der Waals surface area contributed by atoms with Crippen LogP contribution in [-0.2, 0) is 4.79 Å². The lowest BCUT2D eigenvalue weighted by atomic mass is 9.68. The minimum Gasteiger partial charge on any atom is -0.369 e. The number of hydrogen-bond donors (Lipinski definition) is 1. The van der Waals surface area contributed by atoms with E-state index in [2.05, 4.69) is 0 Å². The molecule has 0 aromatic carbocycles. The number of nitrogens with two attached hydrogens (primary N) is 1. The van der Waals surface area contributed by atoms with E-state index in [1.807, 2.05) is 0 Å².